The van der Waals surface area contributed by atoms with Gasteiger partial charge in [0.2, 0.25) is 0 Å². The van der Waals surface area contributed by atoms with E-state index in [1.54, 1.807) is 0 Å². The van der Waals surface area contributed by atoms with E-state index in [2.05, 4.69) is 10.3 Å². The Morgan fingerprint density at radius 1 is 1.21 bits per heavy atom. The second-order valence-electron chi connectivity index (χ2n) is 4.41. The molecule has 19 heavy (non-hydrogen) atoms. The second kappa shape index (κ2) is 5.22. The molecule has 3 N–H and O–H groups in total. The molecule has 0 aliphatic heterocycles. The number of nitrogens with zero attached hydrogens (tertiary/aromatic N) is 1. The molecule has 0 saturated carbocycles. The third-order valence-corrected chi connectivity index (χ3v) is 2.96. The van der Waals surface area contributed by atoms with Crippen LogP contribution in [0.3, 0.4) is 0 Å². The van der Waals surface area contributed by atoms with E-state index in [-0.39, 0.29) is 17.7 Å². The minimum absolute atomic E-state index is 0.0466. The highest BCUT2D eigenvalue weighted by Crippen LogP contribution is 2.24. The molecule has 2 aromatic rings. The van der Waals surface area contributed by atoms with Gasteiger partial charge in [-0.2, -0.15) is 0 Å². The van der Waals surface area contributed by atoms with Crippen LogP contribution in [0, 0.1) is 18.6 Å². The summed E-state index contributed by atoms with van der Waals surface area (Å²) < 4.78 is 26.6. The van der Waals surface area contributed by atoms with Crippen LogP contribution in [0.5, 0.6) is 0 Å². The zero-order valence-electron chi connectivity index (χ0n) is 10.7. The van der Waals surface area contributed by atoms with Crippen LogP contribution in [0.25, 0.3) is 0 Å². The van der Waals surface area contributed by atoms with Crippen LogP contribution in [-0.2, 0) is 0 Å². The third kappa shape index (κ3) is 2.81. The van der Waals surface area contributed by atoms with Crippen molar-refractivity contribution in [1.82, 2.24) is 4.98 Å². The lowest BCUT2D eigenvalue weighted by Gasteiger charge is -2.17. The Kier molecular flexibility index (Phi) is 3.64. The average molecular weight is 263 g/mol. The Morgan fingerprint density at radius 3 is 2.58 bits per heavy atom. The Morgan fingerprint density at radius 2 is 1.89 bits per heavy atom. The van der Waals surface area contributed by atoms with Crippen molar-refractivity contribution in [2.24, 2.45) is 0 Å². The van der Waals surface area contributed by atoms with E-state index in [0.717, 1.165) is 17.2 Å². The highest BCUT2D eigenvalue weighted by atomic mass is 19.1. The number of benzene rings is 1. The highest BCUT2D eigenvalue weighted by molar-refractivity contribution is 5.47. The van der Waals surface area contributed by atoms with E-state index in [4.69, 9.17) is 5.73 Å². The van der Waals surface area contributed by atoms with Crippen LogP contribution in [0.4, 0.5) is 20.4 Å². The van der Waals surface area contributed by atoms with Crippen LogP contribution in [0.1, 0.15) is 24.1 Å². The molecular formula is C14H15F2N3. The summed E-state index contributed by atoms with van der Waals surface area (Å²) in [5.74, 6) is -1.98. The summed E-state index contributed by atoms with van der Waals surface area (Å²) in [6.45, 7) is 3.85. The van der Waals surface area contributed by atoms with Gasteiger partial charge in [-0.15, -0.1) is 0 Å². The Balaban J connectivity index is 2.27. The van der Waals surface area contributed by atoms with Gasteiger partial charge in [0, 0.05) is 6.07 Å². The lowest BCUT2D eigenvalue weighted by Crippen LogP contribution is -2.12. The molecule has 2 rings (SSSR count). The molecular weight excluding hydrogens is 248 g/mol. The first-order valence-corrected chi connectivity index (χ1v) is 5.92. The van der Waals surface area contributed by atoms with Gasteiger partial charge in [0.15, 0.2) is 23.3 Å². The van der Waals surface area contributed by atoms with E-state index in [0.29, 0.717) is 0 Å². The summed E-state index contributed by atoms with van der Waals surface area (Å²) in [4.78, 5) is 3.68. The summed E-state index contributed by atoms with van der Waals surface area (Å²) >= 11 is 0. The number of aryl methyl sites for hydroxylation is 1. The quantitative estimate of drug-likeness (QED) is 0.892. The normalized spacial score (nSPS) is 12.2. The number of hydrogen-bond acceptors (Lipinski definition) is 3. The summed E-state index contributed by atoms with van der Waals surface area (Å²) in [6.07, 6.45) is 0. The van der Waals surface area contributed by atoms with Gasteiger partial charge >= 0.3 is 0 Å². The third-order valence-electron chi connectivity index (χ3n) is 2.96. The van der Waals surface area contributed by atoms with Gasteiger partial charge in [0.1, 0.15) is 0 Å². The van der Waals surface area contributed by atoms with Crippen molar-refractivity contribution in [2.75, 3.05) is 11.1 Å². The number of anilines is 2. The molecule has 0 radical (unpaired) electrons. The molecule has 0 amide bonds. The molecule has 1 aromatic heterocycles. The van der Waals surface area contributed by atoms with Gasteiger partial charge < -0.3 is 11.1 Å². The minimum atomic E-state index is -0.855. The molecule has 0 saturated heterocycles. The van der Waals surface area contributed by atoms with Crippen molar-refractivity contribution in [3.8, 4) is 0 Å². The van der Waals surface area contributed by atoms with Gasteiger partial charge in [-0.1, -0.05) is 24.3 Å². The van der Waals surface area contributed by atoms with Crippen LogP contribution in [0.15, 0.2) is 30.3 Å². The Bertz CT molecular complexity index is 599. The predicted molar refractivity (Wildman–Crippen MR) is 71.8 cm³/mol. The summed E-state index contributed by atoms with van der Waals surface area (Å²) in [5.41, 5.74) is 7.44. The predicted octanol–water partition coefficient (Wildman–Crippen LogP) is 3.42. The monoisotopic (exact) mass is 263 g/mol. The molecule has 5 heteroatoms. The zero-order chi connectivity index (χ0) is 14.0. The molecule has 1 unspecified atom stereocenters. The fraction of sp³-hybridized carbons (Fsp3) is 0.214. The second-order valence-corrected chi connectivity index (χ2v) is 4.41. The highest BCUT2D eigenvalue weighted by Gasteiger charge is 2.14. The van der Waals surface area contributed by atoms with E-state index >= 15 is 0 Å². The maximum Gasteiger partial charge on any atom is 0.168 e. The smallest absolute Gasteiger partial charge is 0.168 e. The fourth-order valence-electron chi connectivity index (χ4n) is 1.94. The molecule has 0 aliphatic carbocycles. The number of hydrogen-bond donors (Lipinski definition) is 2. The molecule has 3 nitrogen and oxygen atoms in total. The molecule has 1 atom stereocenters. The maximum atomic E-state index is 13.6. The molecule has 1 aromatic carbocycles. The van der Waals surface area contributed by atoms with Crippen molar-refractivity contribution in [1.29, 1.82) is 0 Å². The van der Waals surface area contributed by atoms with Gasteiger partial charge in [-0.3, -0.25) is 0 Å². The van der Waals surface area contributed by atoms with Gasteiger partial charge in [0.05, 0.1) is 6.04 Å². The van der Waals surface area contributed by atoms with Crippen LogP contribution < -0.4 is 11.1 Å². The first-order valence-electron chi connectivity index (χ1n) is 5.92. The number of nitrogens with two attached hydrogens (primary N) is 1. The Hall–Kier alpha value is -2.17. The summed E-state index contributed by atoms with van der Waals surface area (Å²) in [6, 6.07) is 8.32. The van der Waals surface area contributed by atoms with E-state index < -0.39 is 11.6 Å². The van der Waals surface area contributed by atoms with Crippen molar-refractivity contribution in [2.45, 2.75) is 19.9 Å². The number of nitrogens with one attached hydrogen (secondary N) is 1. The number of halogens is 2. The number of pyridine rings is 1. The minimum Gasteiger partial charge on any atom is -0.381 e. The van der Waals surface area contributed by atoms with Crippen molar-refractivity contribution < 1.29 is 8.78 Å². The topological polar surface area (TPSA) is 50.9 Å². The van der Waals surface area contributed by atoms with E-state index in [1.807, 2.05) is 38.1 Å². The summed E-state index contributed by atoms with van der Waals surface area (Å²) in [7, 11) is 0. The van der Waals surface area contributed by atoms with E-state index in [1.165, 1.54) is 0 Å². The largest absolute Gasteiger partial charge is 0.381 e. The van der Waals surface area contributed by atoms with Crippen LogP contribution in [0.2, 0.25) is 0 Å². The van der Waals surface area contributed by atoms with Crippen molar-refractivity contribution in [3.63, 3.8) is 0 Å². The number of rotatable bonds is 3. The van der Waals surface area contributed by atoms with E-state index in [9.17, 15) is 8.78 Å². The average Bonchev–Trinajstić information content (AvgIpc) is 2.36. The molecule has 0 spiro atoms. The Labute approximate surface area is 110 Å². The molecule has 0 fully saturated rings. The summed E-state index contributed by atoms with van der Waals surface area (Å²) in [5, 5.41) is 2.90. The fourth-order valence-corrected chi connectivity index (χ4v) is 1.94. The number of aromatic nitrogens is 1. The zero-order valence-corrected chi connectivity index (χ0v) is 10.7. The first kappa shape index (κ1) is 13.3. The molecule has 0 aliphatic rings. The maximum absolute atomic E-state index is 13.6. The van der Waals surface area contributed by atoms with Crippen molar-refractivity contribution >= 4 is 11.6 Å². The van der Waals surface area contributed by atoms with Crippen LogP contribution >= 0.6 is 0 Å². The van der Waals surface area contributed by atoms with Crippen LogP contribution in [-0.4, -0.2) is 4.98 Å². The van der Waals surface area contributed by atoms with Gasteiger partial charge in [-0.25, -0.2) is 13.8 Å². The molecule has 1 heterocycles. The molecule has 0 bridgehead atoms. The first-order chi connectivity index (χ1) is 8.99. The molecule has 100 valence electrons. The standard InChI is InChI=1S/C14H15F2N3/c1-8-5-3-4-6-10(8)9(2)18-14-12(16)7-11(15)13(17)19-14/h3-7,9H,1-2H3,(H3,17,18,19). The van der Waals surface area contributed by atoms with Crippen molar-refractivity contribution in [3.05, 3.63) is 53.1 Å². The van der Waals surface area contributed by atoms with Gasteiger partial charge in [-0.05, 0) is 25.0 Å². The lowest BCUT2D eigenvalue weighted by molar-refractivity contribution is 0.578. The van der Waals surface area contributed by atoms with Gasteiger partial charge in [0.25, 0.3) is 0 Å². The SMILES string of the molecule is Cc1ccccc1C(C)Nc1nc(N)c(F)cc1F. The number of nitrogen functional groups attached to an aromatic ring is 1. The lowest BCUT2D eigenvalue weighted by atomic mass is 10.0.